The van der Waals surface area contributed by atoms with Crippen molar-refractivity contribution in [1.82, 2.24) is 0 Å². The van der Waals surface area contributed by atoms with Gasteiger partial charge in [0.15, 0.2) is 0 Å². The molecule has 2 aromatic carbocycles. The van der Waals surface area contributed by atoms with E-state index in [4.69, 9.17) is 4.74 Å². The monoisotopic (exact) mass is 385 g/mol. The van der Waals surface area contributed by atoms with Crippen LogP contribution in [0.15, 0.2) is 66.7 Å². The van der Waals surface area contributed by atoms with E-state index in [2.05, 4.69) is 12.2 Å². The largest absolute Gasteiger partial charge is 0.423 e. The predicted octanol–water partition coefficient (Wildman–Crippen LogP) is 3.46. The number of hydrogen-bond donors (Lipinski definition) is 0. The van der Waals surface area contributed by atoms with Gasteiger partial charge in [-0.25, -0.2) is 4.79 Å². The van der Waals surface area contributed by atoms with Gasteiger partial charge in [-0.3, -0.25) is 14.5 Å². The minimum atomic E-state index is -0.445. The average molecular weight is 385 g/mol. The summed E-state index contributed by atoms with van der Waals surface area (Å²) < 4.78 is 5.39. The van der Waals surface area contributed by atoms with Crippen LogP contribution in [0.3, 0.4) is 0 Å². The number of amides is 2. The summed E-state index contributed by atoms with van der Waals surface area (Å²) in [5.41, 5.74) is 1.01. The molecule has 2 amide bonds. The molecule has 4 aliphatic carbocycles. The Morgan fingerprint density at radius 3 is 2.00 bits per heavy atom. The summed E-state index contributed by atoms with van der Waals surface area (Å²) in [6.45, 7) is 0. The van der Waals surface area contributed by atoms with E-state index in [0.717, 1.165) is 6.42 Å². The summed E-state index contributed by atoms with van der Waals surface area (Å²) in [5.74, 6) is 0.934. The first-order valence-electron chi connectivity index (χ1n) is 10.1. The maximum atomic E-state index is 13.1. The fourth-order valence-corrected chi connectivity index (χ4v) is 5.61. The molecule has 2 bridgehead atoms. The van der Waals surface area contributed by atoms with Crippen molar-refractivity contribution in [1.29, 1.82) is 0 Å². The zero-order chi connectivity index (χ0) is 19.7. The van der Waals surface area contributed by atoms with E-state index < -0.39 is 5.97 Å². The molecular weight excluding hydrogens is 366 g/mol. The second-order valence-electron chi connectivity index (χ2n) is 8.42. The molecule has 0 N–H and O–H groups in total. The van der Waals surface area contributed by atoms with Crippen LogP contribution in [-0.4, -0.2) is 17.8 Å². The Bertz CT molecular complexity index is 1020. The van der Waals surface area contributed by atoms with Gasteiger partial charge in [0.1, 0.15) is 5.75 Å². The van der Waals surface area contributed by atoms with Crippen LogP contribution in [-0.2, 0) is 9.59 Å². The van der Waals surface area contributed by atoms with Gasteiger partial charge in [-0.1, -0.05) is 30.4 Å². The van der Waals surface area contributed by atoms with Gasteiger partial charge in [-0.2, -0.15) is 0 Å². The smallest absolute Gasteiger partial charge is 0.343 e. The summed E-state index contributed by atoms with van der Waals surface area (Å²) in [7, 11) is 0. The van der Waals surface area contributed by atoms with Crippen molar-refractivity contribution in [3.05, 3.63) is 72.3 Å². The zero-order valence-electron chi connectivity index (χ0n) is 15.6. The molecule has 2 saturated carbocycles. The Balaban J connectivity index is 1.23. The van der Waals surface area contributed by atoms with Crippen LogP contribution < -0.4 is 9.64 Å². The third-order valence-corrected chi connectivity index (χ3v) is 6.98. The summed E-state index contributed by atoms with van der Waals surface area (Å²) in [6, 6.07) is 15.4. The predicted molar refractivity (Wildman–Crippen MR) is 105 cm³/mol. The molecule has 2 aromatic rings. The fraction of sp³-hybridized carbons (Fsp3) is 0.292. The van der Waals surface area contributed by atoms with Gasteiger partial charge in [0.25, 0.3) is 0 Å². The number of rotatable bonds is 3. The van der Waals surface area contributed by atoms with E-state index in [9.17, 15) is 14.4 Å². The lowest BCUT2D eigenvalue weighted by molar-refractivity contribution is -0.124. The topological polar surface area (TPSA) is 63.7 Å². The van der Waals surface area contributed by atoms with E-state index in [0.29, 0.717) is 28.8 Å². The van der Waals surface area contributed by atoms with Gasteiger partial charge in [0.2, 0.25) is 11.8 Å². The summed E-state index contributed by atoms with van der Waals surface area (Å²) in [5, 5.41) is 0. The second-order valence-corrected chi connectivity index (χ2v) is 8.42. The molecule has 7 rings (SSSR count). The number of allylic oxidation sites excluding steroid dienone is 2. The SMILES string of the molecule is O=C(Oc1ccc(N2C(=O)[C@@H]3[C@H]4C=C[C@@H]([C@@H]5C[C@H]45)[C@H]3C2=O)cc1)c1ccccc1. The first-order valence-corrected chi connectivity index (χ1v) is 10.1. The van der Waals surface area contributed by atoms with E-state index in [1.807, 2.05) is 6.07 Å². The highest BCUT2D eigenvalue weighted by Crippen LogP contribution is 2.65. The van der Waals surface area contributed by atoms with Gasteiger partial charge in [-0.05, 0) is 66.5 Å². The van der Waals surface area contributed by atoms with Crippen LogP contribution in [0.1, 0.15) is 16.8 Å². The lowest BCUT2D eigenvalue weighted by Crippen LogP contribution is -2.40. The molecule has 5 heteroatoms. The molecular formula is C24H19NO4. The first kappa shape index (κ1) is 16.7. The Kier molecular flexibility index (Phi) is 3.40. The number of ether oxygens (including phenoxy) is 1. The van der Waals surface area contributed by atoms with Crippen LogP contribution in [0.5, 0.6) is 5.75 Å². The van der Waals surface area contributed by atoms with Crippen LogP contribution in [0, 0.1) is 35.5 Å². The van der Waals surface area contributed by atoms with E-state index >= 15 is 0 Å². The second kappa shape index (κ2) is 5.89. The van der Waals surface area contributed by atoms with E-state index in [1.54, 1.807) is 48.5 Å². The van der Waals surface area contributed by atoms with Gasteiger partial charge < -0.3 is 4.74 Å². The zero-order valence-corrected chi connectivity index (χ0v) is 15.6. The van der Waals surface area contributed by atoms with E-state index in [-0.39, 0.29) is 35.5 Å². The maximum absolute atomic E-state index is 13.1. The summed E-state index contributed by atoms with van der Waals surface area (Å²) >= 11 is 0. The number of nitrogens with zero attached hydrogens (tertiary/aromatic N) is 1. The van der Waals surface area contributed by atoms with Crippen LogP contribution in [0.4, 0.5) is 5.69 Å². The highest BCUT2D eigenvalue weighted by atomic mass is 16.5. The van der Waals surface area contributed by atoms with E-state index in [1.165, 1.54) is 4.90 Å². The van der Waals surface area contributed by atoms with Gasteiger partial charge in [-0.15, -0.1) is 0 Å². The summed E-state index contributed by atoms with van der Waals surface area (Å²) in [4.78, 5) is 39.8. The Labute approximate surface area is 168 Å². The van der Waals surface area contributed by atoms with Crippen LogP contribution in [0.25, 0.3) is 0 Å². The number of anilines is 1. The van der Waals surface area contributed by atoms with Gasteiger partial charge in [0.05, 0.1) is 23.1 Å². The third kappa shape index (κ3) is 2.36. The van der Waals surface area contributed by atoms with Crippen LogP contribution >= 0.6 is 0 Å². The number of benzene rings is 2. The molecule has 5 nitrogen and oxygen atoms in total. The minimum Gasteiger partial charge on any atom is -0.423 e. The lowest BCUT2D eigenvalue weighted by atomic mass is 9.63. The first-order chi connectivity index (χ1) is 14.1. The van der Waals surface area contributed by atoms with Gasteiger partial charge >= 0.3 is 5.97 Å². The van der Waals surface area contributed by atoms with Crippen molar-refractivity contribution < 1.29 is 19.1 Å². The molecule has 3 fully saturated rings. The molecule has 1 saturated heterocycles. The molecule has 6 atom stereocenters. The van der Waals surface area contributed by atoms with Crippen molar-refractivity contribution >= 4 is 23.5 Å². The average Bonchev–Trinajstić information content (AvgIpc) is 3.53. The normalized spacial score (nSPS) is 33.4. The quantitative estimate of drug-likeness (QED) is 0.351. The van der Waals surface area contributed by atoms with Crippen molar-refractivity contribution in [3.8, 4) is 5.75 Å². The highest BCUT2D eigenvalue weighted by Gasteiger charge is 2.67. The molecule has 1 heterocycles. The molecule has 0 aromatic heterocycles. The third-order valence-electron chi connectivity index (χ3n) is 6.98. The highest BCUT2D eigenvalue weighted by molar-refractivity contribution is 6.22. The lowest BCUT2D eigenvalue weighted by Gasteiger charge is -2.37. The number of hydrogen-bond acceptors (Lipinski definition) is 4. The fourth-order valence-electron chi connectivity index (χ4n) is 5.61. The number of esters is 1. The Morgan fingerprint density at radius 2 is 1.41 bits per heavy atom. The molecule has 5 aliphatic rings. The maximum Gasteiger partial charge on any atom is 0.343 e. The molecule has 0 radical (unpaired) electrons. The molecule has 144 valence electrons. The van der Waals surface area contributed by atoms with Crippen molar-refractivity contribution in [3.63, 3.8) is 0 Å². The standard InChI is InChI=1S/C24H19NO4/c26-22-20-16-10-11-17(19-12-18(16)19)21(20)23(27)25(22)14-6-8-15(9-7-14)29-24(28)13-4-2-1-3-5-13/h1-11,16-21H,12H2/t16-,17-,18-,19+,20+,21+/m0/s1. The van der Waals surface area contributed by atoms with Crippen molar-refractivity contribution in [2.24, 2.45) is 35.5 Å². The number of carbonyl (C=O) groups excluding carboxylic acids is 3. The van der Waals surface area contributed by atoms with Crippen molar-refractivity contribution in [2.45, 2.75) is 6.42 Å². The number of carbonyl (C=O) groups is 3. The Morgan fingerprint density at radius 1 is 0.828 bits per heavy atom. The molecule has 29 heavy (non-hydrogen) atoms. The Hall–Kier alpha value is -3.21. The molecule has 1 aliphatic heterocycles. The summed E-state index contributed by atoms with van der Waals surface area (Å²) in [6.07, 6.45) is 5.49. The van der Waals surface area contributed by atoms with Crippen LogP contribution in [0.2, 0.25) is 0 Å². The van der Waals surface area contributed by atoms with Gasteiger partial charge in [0, 0.05) is 0 Å². The molecule has 0 spiro atoms. The minimum absolute atomic E-state index is 0.0845. The number of imide groups is 1. The van der Waals surface area contributed by atoms with Crippen molar-refractivity contribution in [2.75, 3.05) is 4.90 Å². The molecule has 0 unspecified atom stereocenters.